The third-order valence-corrected chi connectivity index (χ3v) is 5.46. The molecule has 2 aromatic carbocycles. The van der Waals surface area contributed by atoms with E-state index in [1.165, 1.54) is 11.1 Å². The molecule has 1 fully saturated rings. The predicted molar refractivity (Wildman–Crippen MR) is 106 cm³/mol. The summed E-state index contributed by atoms with van der Waals surface area (Å²) in [6.45, 7) is 6.71. The van der Waals surface area contributed by atoms with Crippen molar-refractivity contribution in [3.63, 3.8) is 0 Å². The Morgan fingerprint density at radius 1 is 1.04 bits per heavy atom. The minimum Gasteiger partial charge on any atom is -0.381 e. The van der Waals surface area contributed by atoms with Gasteiger partial charge in [-0.3, -0.25) is 4.79 Å². The van der Waals surface area contributed by atoms with Gasteiger partial charge in [-0.15, -0.1) is 0 Å². The van der Waals surface area contributed by atoms with E-state index in [0.717, 1.165) is 43.9 Å². The highest BCUT2D eigenvalue weighted by molar-refractivity contribution is 5.93. The van der Waals surface area contributed by atoms with Crippen molar-refractivity contribution in [1.82, 2.24) is 5.32 Å². The van der Waals surface area contributed by atoms with Gasteiger partial charge >= 0.3 is 0 Å². The molecule has 138 valence electrons. The van der Waals surface area contributed by atoms with Gasteiger partial charge in [0.15, 0.2) is 0 Å². The van der Waals surface area contributed by atoms with Crippen LogP contribution in [0.1, 0.15) is 29.5 Å². The number of amides is 1. The molecule has 0 radical (unpaired) electrons. The molecule has 0 bridgehead atoms. The molecule has 1 aliphatic rings. The van der Waals surface area contributed by atoms with Crippen molar-refractivity contribution in [2.75, 3.05) is 31.6 Å². The fourth-order valence-electron chi connectivity index (χ4n) is 3.62. The van der Waals surface area contributed by atoms with Crippen LogP contribution in [0.25, 0.3) is 0 Å². The summed E-state index contributed by atoms with van der Waals surface area (Å²) in [5.74, 6) is -0.00558. The topological polar surface area (TPSA) is 50.4 Å². The zero-order valence-corrected chi connectivity index (χ0v) is 15.7. The monoisotopic (exact) mass is 352 g/mol. The molecule has 0 unspecified atom stereocenters. The smallest absolute Gasteiger partial charge is 0.238 e. The number of ether oxygens (including phenoxy) is 1. The maximum absolute atomic E-state index is 12.4. The van der Waals surface area contributed by atoms with Gasteiger partial charge in [-0.2, -0.15) is 0 Å². The van der Waals surface area contributed by atoms with Crippen LogP contribution in [0.5, 0.6) is 0 Å². The SMILES string of the molecule is Cc1cccc(NC(=O)CNCC2(c3ccccc3)CCOCC2)c1C. The Morgan fingerprint density at radius 2 is 1.77 bits per heavy atom. The van der Waals surface area contributed by atoms with Gasteiger partial charge in [0.05, 0.1) is 6.54 Å². The van der Waals surface area contributed by atoms with Crippen LogP contribution in [-0.2, 0) is 14.9 Å². The van der Waals surface area contributed by atoms with Crippen LogP contribution in [-0.4, -0.2) is 32.2 Å². The Balaban J connectivity index is 1.60. The minimum atomic E-state index is -0.00558. The molecular formula is C22H28N2O2. The van der Waals surface area contributed by atoms with Crippen LogP contribution < -0.4 is 10.6 Å². The van der Waals surface area contributed by atoms with Gasteiger partial charge < -0.3 is 15.4 Å². The van der Waals surface area contributed by atoms with Crippen LogP contribution in [0, 0.1) is 13.8 Å². The second kappa shape index (κ2) is 8.47. The molecule has 0 saturated carbocycles. The van der Waals surface area contributed by atoms with Crippen molar-refractivity contribution in [3.8, 4) is 0 Å². The summed E-state index contributed by atoms with van der Waals surface area (Å²) < 4.78 is 5.57. The zero-order valence-electron chi connectivity index (χ0n) is 15.7. The van der Waals surface area contributed by atoms with E-state index in [0.29, 0.717) is 6.54 Å². The molecular weight excluding hydrogens is 324 g/mol. The molecule has 4 heteroatoms. The van der Waals surface area contributed by atoms with Crippen LogP contribution in [0.4, 0.5) is 5.69 Å². The van der Waals surface area contributed by atoms with Gasteiger partial charge in [-0.1, -0.05) is 42.5 Å². The zero-order chi connectivity index (χ0) is 18.4. The van der Waals surface area contributed by atoms with Crippen molar-refractivity contribution in [2.45, 2.75) is 32.1 Å². The van der Waals surface area contributed by atoms with Gasteiger partial charge in [0, 0.05) is 30.9 Å². The van der Waals surface area contributed by atoms with E-state index < -0.39 is 0 Å². The molecule has 2 aromatic rings. The average molecular weight is 352 g/mol. The number of benzene rings is 2. The molecule has 2 N–H and O–H groups in total. The summed E-state index contributed by atoms with van der Waals surface area (Å²) in [6.07, 6.45) is 1.95. The molecule has 0 atom stereocenters. The lowest BCUT2D eigenvalue weighted by Crippen LogP contribution is -2.44. The highest BCUT2D eigenvalue weighted by Gasteiger charge is 2.34. The van der Waals surface area contributed by atoms with Crippen molar-refractivity contribution < 1.29 is 9.53 Å². The highest BCUT2D eigenvalue weighted by Crippen LogP contribution is 2.34. The molecule has 1 aliphatic heterocycles. The van der Waals surface area contributed by atoms with Crippen molar-refractivity contribution >= 4 is 11.6 Å². The van der Waals surface area contributed by atoms with Crippen molar-refractivity contribution in [1.29, 1.82) is 0 Å². The number of carbonyl (C=O) groups is 1. The Bertz CT molecular complexity index is 737. The number of hydrogen-bond acceptors (Lipinski definition) is 3. The van der Waals surface area contributed by atoms with Crippen LogP contribution in [0.3, 0.4) is 0 Å². The summed E-state index contributed by atoms with van der Waals surface area (Å²) in [5, 5.41) is 6.40. The first kappa shape index (κ1) is 18.6. The van der Waals surface area contributed by atoms with Gasteiger partial charge in [0.1, 0.15) is 0 Å². The maximum atomic E-state index is 12.4. The lowest BCUT2D eigenvalue weighted by atomic mass is 9.74. The van der Waals surface area contributed by atoms with E-state index in [4.69, 9.17) is 4.74 Å². The lowest BCUT2D eigenvalue weighted by Gasteiger charge is -2.38. The molecule has 26 heavy (non-hydrogen) atoms. The third kappa shape index (κ3) is 4.32. The van der Waals surface area contributed by atoms with Gasteiger partial charge in [0.2, 0.25) is 5.91 Å². The van der Waals surface area contributed by atoms with Gasteiger partial charge in [-0.05, 0) is 49.4 Å². The number of carbonyl (C=O) groups excluding carboxylic acids is 1. The van der Waals surface area contributed by atoms with Gasteiger partial charge in [0.25, 0.3) is 0 Å². The molecule has 0 spiro atoms. The summed E-state index contributed by atoms with van der Waals surface area (Å²) in [5.41, 5.74) is 4.55. The van der Waals surface area contributed by atoms with Crippen LogP contribution in [0.2, 0.25) is 0 Å². The summed E-state index contributed by atoms with van der Waals surface area (Å²) in [6, 6.07) is 16.5. The number of anilines is 1. The first-order valence-corrected chi connectivity index (χ1v) is 9.31. The van der Waals surface area contributed by atoms with E-state index >= 15 is 0 Å². The van der Waals surface area contributed by atoms with E-state index in [1.54, 1.807) is 0 Å². The molecule has 1 heterocycles. The standard InChI is InChI=1S/C22H28N2O2/c1-17-7-6-10-20(18(17)2)24-21(25)15-23-16-22(11-13-26-14-12-22)19-8-4-3-5-9-19/h3-10,23H,11-16H2,1-2H3,(H,24,25). The van der Waals surface area contributed by atoms with Crippen molar-refractivity contribution in [3.05, 3.63) is 65.2 Å². The fourth-order valence-corrected chi connectivity index (χ4v) is 3.62. The molecule has 3 rings (SSSR count). The lowest BCUT2D eigenvalue weighted by molar-refractivity contribution is -0.115. The second-order valence-corrected chi connectivity index (χ2v) is 7.16. The number of nitrogens with one attached hydrogen (secondary N) is 2. The Morgan fingerprint density at radius 3 is 2.50 bits per heavy atom. The highest BCUT2D eigenvalue weighted by atomic mass is 16.5. The van der Waals surface area contributed by atoms with E-state index in [1.807, 2.05) is 25.1 Å². The van der Waals surface area contributed by atoms with Crippen molar-refractivity contribution in [2.24, 2.45) is 0 Å². The summed E-state index contributed by atoms with van der Waals surface area (Å²) >= 11 is 0. The normalized spacial score (nSPS) is 16.2. The Labute approximate surface area is 156 Å². The molecule has 4 nitrogen and oxygen atoms in total. The summed E-state index contributed by atoms with van der Waals surface area (Å²) in [4.78, 5) is 12.4. The molecule has 0 aliphatic carbocycles. The van der Waals surface area contributed by atoms with E-state index in [9.17, 15) is 4.79 Å². The first-order valence-electron chi connectivity index (χ1n) is 9.31. The average Bonchev–Trinajstić information content (AvgIpc) is 2.67. The maximum Gasteiger partial charge on any atom is 0.238 e. The first-order chi connectivity index (χ1) is 12.6. The quantitative estimate of drug-likeness (QED) is 0.835. The number of rotatable bonds is 6. The minimum absolute atomic E-state index is 0.00558. The van der Waals surface area contributed by atoms with Crippen LogP contribution in [0.15, 0.2) is 48.5 Å². The molecule has 1 saturated heterocycles. The van der Waals surface area contributed by atoms with Crippen LogP contribution >= 0.6 is 0 Å². The Kier molecular flexibility index (Phi) is 6.07. The number of aryl methyl sites for hydroxylation is 1. The fraction of sp³-hybridized carbons (Fsp3) is 0.409. The van der Waals surface area contributed by atoms with Gasteiger partial charge in [-0.25, -0.2) is 0 Å². The molecule has 1 amide bonds. The second-order valence-electron chi connectivity index (χ2n) is 7.16. The third-order valence-electron chi connectivity index (χ3n) is 5.46. The summed E-state index contributed by atoms with van der Waals surface area (Å²) in [7, 11) is 0. The van der Waals surface area contributed by atoms with E-state index in [2.05, 4.69) is 47.9 Å². The molecule has 0 aromatic heterocycles. The largest absolute Gasteiger partial charge is 0.381 e. The number of hydrogen-bond donors (Lipinski definition) is 2. The van der Waals surface area contributed by atoms with E-state index in [-0.39, 0.29) is 11.3 Å². The predicted octanol–water partition coefficient (Wildman–Crippen LogP) is 3.58. The Hall–Kier alpha value is -2.17.